The molecule has 0 aromatic carbocycles. The van der Waals surface area contributed by atoms with Crippen LogP contribution in [0.1, 0.15) is 25.7 Å². The van der Waals surface area contributed by atoms with Gasteiger partial charge in [0.05, 0.1) is 24.7 Å². The van der Waals surface area contributed by atoms with Gasteiger partial charge in [-0.25, -0.2) is 0 Å². The second-order valence-corrected chi connectivity index (χ2v) is 5.28. The third kappa shape index (κ3) is 4.65. The first-order valence-corrected chi connectivity index (χ1v) is 7.37. The summed E-state index contributed by atoms with van der Waals surface area (Å²) >= 11 is 0. The van der Waals surface area contributed by atoms with Crippen LogP contribution in [0, 0.1) is 0 Å². The van der Waals surface area contributed by atoms with E-state index >= 15 is 0 Å². The summed E-state index contributed by atoms with van der Waals surface area (Å²) in [6, 6.07) is 2.32. The topological polar surface area (TPSA) is 60.6 Å². The number of methoxy groups -OCH3 is 1. The Labute approximate surface area is 121 Å². The Morgan fingerprint density at radius 2 is 2.20 bits per heavy atom. The first kappa shape index (κ1) is 15.1. The highest BCUT2D eigenvalue weighted by Crippen LogP contribution is 2.22. The lowest BCUT2D eigenvalue weighted by atomic mass is 10.1. The Morgan fingerprint density at radius 1 is 1.35 bits per heavy atom. The zero-order valence-corrected chi connectivity index (χ0v) is 12.3. The molecule has 0 bridgehead atoms. The maximum atomic E-state index is 6.02. The van der Waals surface area contributed by atoms with E-state index in [0.717, 1.165) is 56.8 Å². The van der Waals surface area contributed by atoms with Crippen molar-refractivity contribution in [3.05, 3.63) is 18.5 Å². The van der Waals surface area contributed by atoms with E-state index in [4.69, 9.17) is 15.2 Å². The molecule has 1 aromatic heterocycles. The van der Waals surface area contributed by atoms with Gasteiger partial charge in [0.15, 0.2) is 0 Å². The number of piperidine rings is 1. The highest BCUT2D eigenvalue weighted by molar-refractivity contribution is 5.48. The third-order valence-corrected chi connectivity index (χ3v) is 3.53. The van der Waals surface area contributed by atoms with Crippen molar-refractivity contribution in [1.82, 2.24) is 4.98 Å². The summed E-state index contributed by atoms with van der Waals surface area (Å²) < 4.78 is 10.8. The van der Waals surface area contributed by atoms with Gasteiger partial charge >= 0.3 is 0 Å². The molecule has 1 saturated heterocycles. The molecule has 1 aliphatic rings. The minimum atomic E-state index is 0.266. The lowest BCUT2D eigenvalue weighted by Gasteiger charge is -2.32. The van der Waals surface area contributed by atoms with Crippen LogP contribution in [-0.2, 0) is 4.74 Å². The van der Waals surface area contributed by atoms with Gasteiger partial charge in [-0.2, -0.15) is 0 Å². The first-order chi connectivity index (χ1) is 9.79. The van der Waals surface area contributed by atoms with Crippen LogP contribution in [0.5, 0.6) is 5.75 Å². The molecule has 112 valence electrons. The molecular formula is C15H25N3O2. The van der Waals surface area contributed by atoms with E-state index in [1.54, 1.807) is 13.3 Å². The third-order valence-electron chi connectivity index (χ3n) is 3.53. The number of hydrogen-bond acceptors (Lipinski definition) is 5. The minimum absolute atomic E-state index is 0.266. The number of rotatable bonds is 7. The molecule has 20 heavy (non-hydrogen) atoms. The number of ether oxygens (including phenoxy) is 2. The molecule has 0 saturated carbocycles. The fourth-order valence-corrected chi connectivity index (χ4v) is 2.44. The van der Waals surface area contributed by atoms with Gasteiger partial charge < -0.3 is 20.1 Å². The molecule has 1 fully saturated rings. The maximum Gasteiger partial charge on any atom is 0.139 e. The van der Waals surface area contributed by atoms with Crippen LogP contribution in [-0.4, -0.2) is 44.4 Å². The predicted octanol–water partition coefficient (Wildman–Crippen LogP) is 1.81. The molecule has 0 aliphatic carbocycles. The van der Waals surface area contributed by atoms with Crippen LogP contribution in [0.25, 0.3) is 0 Å². The molecule has 1 unspecified atom stereocenters. The monoisotopic (exact) mass is 279 g/mol. The molecule has 0 spiro atoms. The Bertz CT molecular complexity index is 400. The van der Waals surface area contributed by atoms with Gasteiger partial charge in [0.2, 0.25) is 0 Å². The molecule has 0 radical (unpaired) electrons. The number of anilines is 1. The van der Waals surface area contributed by atoms with Crippen molar-refractivity contribution in [1.29, 1.82) is 0 Å². The average molecular weight is 279 g/mol. The van der Waals surface area contributed by atoms with E-state index in [-0.39, 0.29) is 6.04 Å². The van der Waals surface area contributed by atoms with Crippen LogP contribution in [0.3, 0.4) is 0 Å². The van der Waals surface area contributed by atoms with Gasteiger partial charge in [0, 0.05) is 38.9 Å². The quantitative estimate of drug-likeness (QED) is 0.771. The molecule has 1 aromatic rings. The Balaban J connectivity index is 1.84. The standard InChI is InChI=1S/C15H25N3O2/c1-19-7-2-3-8-20-15-9-14(10-17-11-15)18-6-4-5-13(16)12-18/h9-11,13H,2-8,12,16H2,1H3. The van der Waals surface area contributed by atoms with E-state index < -0.39 is 0 Å². The normalized spacial score (nSPS) is 19.1. The maximum absolute atomic E-state index is 6.02. The summed E-state index contributed by atoms with van der Waals surface area (Å²) in [5.41, 5.74) is 7.13. The molecule has 5 nitrogen and oxygen atoms in total. The summed E-state index contributed by atoms with van der Waals surface area (Å²) in [7, 11) is 1.72. The van der Waals surface area contributed by atoms with E-state index in [2.05, 4.69) is 16.0 Å². The summed E-state index contributed by atoms with van der Waals surface area (Å²) in [6.07, 6.45) is 7.92. The SMILES string of the molecule is COCCCCOc1cncc(N2CCCC(N)C2)c1. The van der Waals surface area contributed by atoms with Crippen molar-refractivity contribution in [2.75, 3.05) is 38.3 Å². The summed E-state index contributed by atoms with van der Waals surface area (Å²) in [6.45, 7) is 3.44. The van der Waals surface area contributed by atoms with Gasteiger partial charge in [0.25, 0.3) is 0 Å². The highest BCUT2D eigenvalue weighted by Gasteiger charge is 2.17. The molecule has 5 heteroatoms. The molecule has 1 atom stereocenters. The van der Waals surface area contributed by atoms with Crippen molar-refractivity contribution in [3.8, 4) is 5.75 Å². The van der Waals surface area contributed by atoms with E-state index in [1.165, 1.54) is 0 Å². The Kier molecular flexibility index (Phi) is 6.08. The van der Waals surface area contributed by atoms with Gasteiger partial charge in [-0.05, 0) is 25.7 Å². The van der Waals surface area contributed by atoms with E-state index in [1.807, 2.05) is 6.20 Å². The summed E-state index contributed by atoms with van der Waals surface area (Å²) in [4.78, 5) is 6.56. The van der Waals surface area contributed by atoms with Crippen molar-refractivity contribution in [2.24, 2.45) is 5.73 Å². The fourth-order valence-electron chi connectivity index (χ4n) is 2.44. The zero-order valence-electron chi connectivity index (χ0n) is 12.3. The Morgan fingerprint density at radius 3 is 3.00 bits per heavy atom. The van der Waals surface area contributed by atoms with Crippen LogP contribution in [0.15, 0.2) is 18.5 Å². The number of nitrogens with zero attached hydrogens (tertiary/aromatic N) is 2. The van der Waals surface area contributed by atoms with Crippen molar-refractivity contribution >= 4 is 5.69 Å². The fraction of sp³-hybridized carbons (Fsp3) is 0.667. The lowest BCUT2D eigenvalue weighted by Crippen LogP contribution is -2.42. The molecule has 1 aliphatic heterocycles. The van der Waals surface area contributed by atoms with Crippen molar-refractivity contribution in [3.63, 3.8) is 0 Å². The second kappa shape index (κ2) is 8.07. The summed E-state index contributed by atoms with van der Waals surface area (Å²) in [5.74, 6) is 0.832. The Hall–Kier alpha value is -1.33. The van der Waals surface area contributed by atoms with Crippen LogP contribution in [0.2, 0.25) is 0 Å². The first-order valence-electron chi connectivity index (χ1n) is 7.37. The highest BCUT2D eigenvalue weighted by atomic mass is 16.5. The molecule has 2 N–H and O–H groups in total. The molecule has 0 amide bonds. The van der Waals surface area contributed by atoms with Gasteiger partial charge in [-0.1, -0.05) is 0 Å². The largest absolute Gasteiger partial charge is 0.492 e. The zero-order chi connectivity index (χ0) is 14.2. The van der Waals surface area contributed by atoms with Gasteiger partial charge in [-0.15, -0.1) is 0 Å². The molecular weight excluding hydrogens is 254 g/mol. The van der Waals surface area contributed by atoms with Gasteiger partial charge in [0.1, 0.15) is 5.75 Å². The lowest BCUT2D eigenvalue weighted by molar-refractivity contribution is 0.184. The minimum Gasteiger partial charge on any atom is -0.492 e. The molecule has 2 rings (SSSR count). The van der Waals surface area contributed by atoms with E-state index in [9.17, 15) is 0 Å². The average Bonchev–Trinajstić information content (AvgIpc) is 2.47. The number of pyridine rings is 1. The second-order valence-electron chi connectivity index (χ2n) is 5.28. The van der Waals surface area contributed by atoms with E-state index in [0.29, 0.717) is 6.61 Å². The van der Waals surface area contributed by atoms with Crippen LogP contribution >= 0.6 is 0 Å². The number of aromatic nitrogens is 1. The molecule has 2 heterocycles. The van der Waals surface area contributed by atoms with Crippen molar-refractivity contribution in [2.45, 2.75) is 31.7 Å². The van der Waals surface area contributed by atoms with Crippen molar-refractivity contribution < 1.29 is 9.47 Å². The van der Waals surface area contributed by atoms with Crippen LogP contribution in [0.4, 0.5) is 5.69 Å². The van der Waals surface area contributed by atoms with Crippen LogP contribution < -0.4 is 15.4 Å². The number of unbranched alkanes of at least 4 members (excludes halogenated alkanes) is 1. The summed E-state index contributed by atoms with van der Waals surface area (Å²) in [5, 5.41) is 0. The van der Waals surface area contributed by atoms with Gasteiger partial charge in [-0.3, -0.25) is 4.98 Å². The predicted molar refractivity (Wildman–Crippen MR) is 80.3 cm³/mol. The smallest absolute Gasteiger partial charge is 0.139 e. The number of nitrogens with two attached hydrogens (primary N) is 1. The number of hydrogen-bond donors (Lipinski definition) is 1.